The summed E-state index contributed by atoms with van der Waals surface area (Å²) in [6.45, 7) is 3.64. The first-order valence-corrected chi connectivity index (χ1v) is 11.5. The van der Waals surface area contributed by atoms with E-state index in [1.54, 1.807) is 14.2 Å². The average Bonchev–Trinajstić information content (AvgIpc) is 2.81. The molecule has 1 aliphatic rings. The lowest BCUT2D eigenvalue weighted by Gasteiger charge is -2.44. The van der Waals surface area contributed by atoms with Crippen molar-refractivity contribution in [2.24, 2.45) is 0 Å². The highest BCUT2D eigenvalue weighted by Crippen LogP contribution is 2.37. The number of rotatable bonds is 7. The van der Waals surface area contributed by atoms with E-state index < -0.39 is 0 Å². The van der Waals surface area contributed by atoms with Crippen LogP contribution in [0.3, 0.4) is 0 Å². The normalized spacial score (nSPS) is 15.6. The van der Waals surface area contributed by atoms with Gasteiger partial charge < -0.3 is 9.47 Å². The zero-order valence-electron chi connectivity index (χ0n) is 18.4. The summed E-state index contributed by atoms with van der Waals surface area (Å²) < 4.78 is 10.6. The molecule has 3 aromatic rings. The van der Waals surface area contributed by atoms with Crippen molar-refractivity contribution in [1.82, 2.24) is 9.80 Å². The third-order valence-electron chi connectivity index (χ3n) is 5.91. The van der Waals surface area contributed by atoms with Gasteiger partial charge in [0, 0.05) is 41.8 Å². The van der Waals surface area contributed by atoms with Crippen LogP contribution in [-0.4, -0.2) is 37.1 Å². The standard InChI is InChI=1S/C26H28Cl2N2O2/c1-31-22-9-4-19(5-10-22)17-29-14-3-15-30(18-20-6-11-23(32-2)12-7-20)26(29)24-13-8-21(27)16-25(24)28/h4-13,16,26H,3,14-15,17-18H2,1-2H3. The van der Waals surface area contributed by atoms with Gasteiger partial charge in [-0.05, 0) is 53.9 Å². The molecule has 0 atom stereocenters. The summed E-state index contributed by atoms with van der Waals surface area (Å²) in [5.41, 5.74) is 3.57. The topological polar surface area (TPSA) is 24.9 Å². The molecule has 0 N–H and O–H groups in total. The maximum atomic E-state index is 6.71. The number of nitrogens with zero attached hydrogens (tertiary/aromatic N) is 2. The van der Waals surface area contributed by atoms with Crippen LogP contribution in [0.15, 0.2) is 66.7 Å². The molecule has 1 fully saturated rings. The zero-order chi connectivity index (χ0) is 22.5. The lowest BCUT2D eigenvalue weighted by atomic mass is 10.0. The Morgan fingerprint density at radius 3 is 1.69 bits per heavy atom. The smallest absolute Gasteiger partial charge is 0.118 e. The zero-order valence-corrected chi connectivity index (χ0v) is 19.9. The molecular formula is C26H28Cl2N2O2. The number of methoxy groups -OCH3 is 2. The van der Waals surface area contributed by atoms with Gasteiger partial charge in [-0.1, -0.05) is 53.5 Å². The van der Waals surface area contributed by atoms with Gasteiger partial charge in [0.1, 0.15) is 11.5 Å². The van der Waals surface area contributed by atoms with Gasteiger partial charge in [-0.15, -0.1) is 0 Å². The summed E-state index contributed by atoms with van der Waals surface area (Å²) >= 11 is 12.9. The van der Waals surface area contributed by atoms with Crippen molar-refractivity contribution in [3.8, 4) is 11.5 Å². The first kappa shape index (κ1) is 22.9. The Balaban J connectivity index is 1.64. The van der Waals surface area contributed by atoms with E-state index in [0.717, 1.165) is 49.7 Å². The molecule has 0 spiro atoms. The maximum absolute atomic E-state index is 6.71. The molecule has 1 aliphatic heterocycles. The Bertz CT molecular complexity index is 968. The van der Waals surface area contributed by atoms with Crippen molar-refractivity contribution >= 4 is 23.2 Å². The number of benzene rings is 3. The lowest BCUT2D eigenvalue weighted by molar-refractivity contribution is -0.00903. The number of halogens is 2. The Morgan fingerprint density at radius 1 is 0.750 bits per heavy atom. The third kappa shape index (κ3) is 5.38. The van der Waals surface area contributed by atoms with E-state index in [0.29, 0.717) is 10.0 Å². The SMILES string of the molecule is COc1ccc(CN2CCCN(Cc3ccc(OC)cc3)C2c2ccc(Cl)cc2Cl)cc1. The second-order valence-corrected chi connectivity index (χ2v) is 8.87. The van der Waals surface area contributed by atoms with Gasteiger partial charge in [-0.2, -0.15) is 0 Å². The van der Waals surface area contributed by atoms with E-state index in [1.165, 1.54) is 11.1 Å². The van der Waals surface area contributed by atoms with Crippen molar-refractivity contribution in [1.29, 1.82) is 0 Å². The van der Waals surface area contributed by atoms with Crippen molar-refractivity contribution in [3.63, 3.8) is 0 Å². The Hall–Kier alpha value is -2.24. The highest BCUT2D eigenvalue weighted by Gasteiger charge is 2.32. The molecule has 0 amide bonds. The first-order chi connectivity index (χ1) is 15.6. The van der Waals surface area contributed by atoms with E-state index in [2.05, 4.69) is 40.1 Å². The molecular weight excluding hydrogens is 443 g/mol. The summed E-state index contributed by atoms with van der Waals surface area (Å²) in [4.78, 5) is 4.98. The van der Waals surface area contributed by atoms with Crippen molar-refractivity contribution in [2.45, 2.75) is 25.7 Å². The van der Waals surface area contributed by atoms with Gasteiger partial charge in [-0.25, -0.2) is 0 Å². The van der Waals surface area contributed by atoms with Crippen molar-refractivity contribution in [3.05, 3.63) is 93.5 Å². The van der Waals surface area contributed by atoms with E-state index in [9.17, 15) is 0 Å². The van der Waals surface area contributed by atoms with Crippen LogP contribution >= 0.6 is 23.2 Å². The predicted molar refractivity (Wildman–Crippen MR) is 131 cm³/mol. The Kier molecular flexibility index (Phi) is 7.59. The third-order valence-corrected chi connectivity index (χ3v) is 6.47. The highest BCUT2D eigenvalue weighted by atomic mass is 35.5. The maximum Gasteiger partial charge on any atom is 0.118 e. The molecule has 4 nitrogen and oxygen atoms in total. The summed E-state index contributed by atoms with van der Waals surface area (Å²) in [6.07, 6.45) is 1.14. The van der Waals surface area contributed by atoms with Crippen LogP contribution < -0.4 is 9.47 Å². The fraction of sp³-hybridized carbons (Fsp3) is 0.308. The predicted octanol–water partition coefficient (Wildman–Crippen LogP) is 6.42. The monoisotopic (exact) mass is 470 g/mol. The molecule has 0 bridgehead atoms. The molecule has 1 heterocycles. The van der Waals surface area contributed by atoms with Crippen LogP contribution in [0.2, 0.25) is 10.0 Å². The molecule has 0 saturated carbocycles. The van der Waals surface area contributed by atoms with Gasteiger partial charge in [0.15, 0.2) is 0 Å². The van der Waals surface area contributed by atoms with Gasteiger partial charge in [0.2, 0.25) is 0 Å². The summed E-state index contributed by atoms with van der Waals surface area (Å²) in [5, 5.41) is 1.35. The Labute approximate surface area is 200 Å². The van der Waals surface area contributed by atoms with Crippen molar-refractivity contribution < 1.29 is 9.47 Å². The van der Waals surface area contributed by atoms with Gasteiger partial charge in [-0.3, -0.25) is 9.80 Å². The molecule has 4 rings (SSSR count). The molecule has 168 valence electrons. The van der Waals surface area contributed by atoms with Gasteiger partial charge >= 0.3 is 0 Å². The van der Waals surface area contributed by atoms with E-state index in [4.69, 9.17) is 32.7 Å². The number of ether oxygens (including phenoxy) is 2. The summed E-state index contributed by atoms with van der Waals surface area (Å²) in [7, 11) is 3.38. The Morgan fingerprint density at radius 2 is 1.25 bits per heavy atom. The lowest BCUT2D eigenvalue weighted by Crippen LogP contribution is -2.47. The molecule has 0 aliphatic carbocycles. The second-order valence-electron chi connectivity index (χ2n) is 8.03. The summed E-state index contributed by atoms with van der Waals surface area (Å²) in [5.74, 6) is 1.73. The molecule has 6 heteroatoms. The average molecular weight is 471 g/mol. The molecule has 1 saturated heterocycles. The number of hydrogen-bond acceptors (Lipinski definition) is 4. The van der Waals surface area contributed by atoms with Crippen LogP contribution in [0, 0.1) is 0 Å². The fourth-order valence-electron chi connectivity index (χ4n) is 4.32. The van der Waals surface area contributed by atoms with Gasteiger partial charge in [0.25, 0.3) is 0 Å². The minimum absolute atomic E-state index is 0.0534. The largest absolute Gasteiger partial charge is 0.497 e. The fourth-order valence-corrected chi connectivity index (χ4v) is 4.82. The first-order valence-electron chi connectivity index (χ1n) is 10.8. The number of hydrogen-bond donors (Lipinski definition) is 0. The second kappa shape index (κ2) is 10.6. The van der Waals surface area contributed by atoms with Crippen LogP contribution in [0.5, 0.6) is 11.5 Å². The highest BCUT2D eigenvalue weighted by molar-refractivity contribution is 6.35. The van der Waals surface area contributed by atoms with Gasteiger partial charge in [0.05, 0.1) is 20.4 Å². The van der Waals surface area contributed by atoms with Crippen molar-refractivity contribution in [2.75, 3.05) is 27.3 Å². The minimum Gasteiger partial charge on any atom is -0.497 e. The summed E-state index contributed by atoms with van der Waals surface area (Å²) in [6, 6.07) is 22.4. The molecule has 32 heavy (non-hydrogen) atoms. The molecule has 0 unspecified atom stereocenters. The van der Waals surface area contributed by atoms with Crippen LogP contribution in [-0.2, 0) is 13.1 Å². The van der Waals surface area contributed by atoms with Crippen LogP contribution in [0.4, 0.5) is 0 Å². The molecule has 3 aromatic carbocycles. The molecule has 0 radical (unpaired) electrons. The van der Waals surface area contributed by atoms with E-state index >= 15 is 0 Å². The van der Waals surface area contributed by atoms with Crippen LogP contribution in [0.25, 0.3) is 0 Å². The van der Waals surface area contributed by atoms with E-state index in [1.807, 2.05) is 36.4 Å². The minimum atomic E-state index is 0.0534. The quantitative estimate of drug-likeness (QED) is 0.397. The van der Waals surface area contributed by atoms with Crippen LogP contribution in [0.1, 0.15) is 29.3 Å². The molecule has 0 aromatic heterocycles. The van der Waals surface area contributed by atoms with E-state index in [-0.39, 0.29) is 6.17 Å².